The molecule has 6 atom stereocenters. The second-order valence-electron chi connectivity index (χ2n) is 22.9. The summed E-state index contributed by atoms with van der Waals surface area (Å²) in [5.41, 5.74) is 0.362. The third kappa shape index (κ3) is 17.9. The fourth-order valence-corrected chi connectivity index (χ4v) is 10.7. The van der Waals surface area contributed by atoms with Crippen LogP contribution in [-0.4, -0.2) is 244 Å². The Balaban J connectivity index is 0.000000201. The minimum absolute atomic E-state index is 0.362. The zero-order chi connectivity index (χ0) is 44.9. The summed E-state index contributed by atoms with van der Waals surface area (Å²) < 4.78 is 0. The molecule has 7 saturated heterocycles. The number of rotatable bonds is 6. The van der Waals surface area contributed by atoms with Crippen LogP contribution in [0.3, 0.4) is 0 Å². The summed E-state index contributed by atoms with van der Waals surface area (Å²) in [6, 6.07) is 4.64. The Morgan fingerprint density at radius 3 is 1.42 bits per heavy atom. The molecule has 7 rings (SSSR count). The number of fused-ring (bicyclic) bond motifs is 2. The van der Waals surface area contributed by atoms with Crippen LogP contribution in [0.15, 0.2) is 0 Å². The van der Waals surface area contributed by atoms with Gasteiger partial charge in [-0.1, -0.05) is 6.92 Å². The van der Waals surface area contributed by atoms with Gasteiger partial charge in [0.1, 0.15) is 0 Å². The van der Waals surface area contributed by atoms with Crippen molar-refractivity contribution in [1.29, 1.82) is 0 Å². The van der Waals surface area contributed by atoms with Gasteiger partial charge >= 0.3 is 0 Å². The second-order valence-corrected chi connectivity index (χ2v) is 22.9. The zero-order valence-corrected chi connectivity index (χ0v) is 43.6. The van der Waals surface area contributed by atoms with Crippen LogP contribution in [0.5, 0.6) is 0 Å². The first kappa shape index (κ1) is 53.9. The van der Waals surface area contributed by atoms with Crippen molar-refractivity contribution in [2.45, 2.75) is 151 Å². The molecule has 7 heterocycles. The summed E-state index contributed by atoms with van der Waals surface area (Å²) >= 11 is 0. The van der Waals surface area contributed by atoms with E-state index in [2.05, 4.69) is 174 Å². The maximum atomic E-state index is 2.64. The van der Waals surface area contributed by atoms with Gasteiger partial charge in [-0.05, 0) is 194 Å². The van der Waals surface area contributed by atoms with Gasteiger partial charge in [0.15, 0.2) is 0 Å². The summed E-state index contributed by atoms with van der Waals surface area (Å²) in [5.74, 6) is 3.67. The van der Waals surface area contributed by atoms with E-state index in [1.165, 1.54) is 137 Å². The average molecular weight is 847 g/mol. The van der Waals surface area contributed by atoms with E-state index in [9.17, 15) is 0 Å². The SMILES string of the molecule is CC(C)N1CC2CCCN(C)C2C1.CC(C)N1CC2CCN(C)C2C1.CC(C)N1CCCN(C)CC1.CC1CN(C(C)C)CC1CN(C)C.CN1CCN(C(C)(C)C)CC1. The number of piperidine rings is 1. The maximum absolute atomic E-state index is 2.64. The van der Waals surface area contributed by atoms with Gasteiger partial charge in [0.05, 0.1) is 0 Å². The molecule has 0 N–H and O–H groups in total. The zero-order valence-electron chi connectivity index (χ0n) is 43.6. The van der Waals surface area contributed by atoms with Crippen LogP contribution in [0.25, 0.3) is 0 Å². The van der Waals surface area contributed by atoms with Crippen molar-refractivity contribution in [2.75, 3.05) is 154 Å². The average Bonchev–Trinajstić information content (AvgIpc) is 3.93. The molecular weight excluding hydrogens is 741 g/mol. The Morgan fingerprint density at radius 1 is 0.483 bits per heavy atom. The van der Waals surface area contributed by atoms with E-state index in [-0.39, 0.29) is 0 Å². The smallest absolute Gasteiger partial charge is 0.0261 e. The normalized spacial score (nSPS) is 31.1. The highest BCUT2D eigenvalue weighted by Gasteiger charge is 2.40. The van der Waals surface area contributed by atoms with Gasteiger partial charge in [-0.15, -0.1) is 0 Å². The lowest BCUT2D eigenvalue weighted by atomic mass is 9.93. The first-order chi connectivity index (χ1) is 28.1. The Morgan fingerprint density at radius 2 is 0.950 bits per heavy atom. The second kappa shape index (κ2) is 25.9. The molecule has 356 valence electrons. The Labute approximate surface area is 375 Å². The molecule has 7 fully saturated rings. The molecule has 0 aromatic heterocycles. The van der Waals surface area contributed by atoms with Crippen LogP contribution in [0.2, 0.25) is 0 Å². The van der Waals surface area contributed by atoms with E-state index in [0.717, 1.165) is 59.9 Å². The quantitative estimate of drug-likeness (QED) is 0.316. The highest BCUT2D eigenvalue weighted by Crippen LogP contribution is 2.32. The number of hydrogen-bond acceptors (Lipinski definition) is 10. The fourth-order valence-electron chi connectivity index (χ4n) is 10.7. The van der Waals surface area contributed by atoms with Crippen LogP contribution < -0.4 is 0 Å². The minimum atomic E-state index is 0.362. The lowest BCUT2D eigenvalue weighted by Crippen LogP contribution is -2.52. The molecule has 60 heavy (non-hydrogen) atoms. The van der Waals surface area contributed by atoms with Crippen LogP contribution in [-0.2, 0) is 0 Å². The predicted molar refractivity (Wildman–Crippen MR) is 263 cm³/mol. The Bertz CT molecular complexity index is 1130. The van der Waals surface area contributed by atoms with Crippen molar-refractivity contribution < 1.29 is 0 Å². The monoisotopic (exact) mass is 847 g/mol. The molecule has 0 aromatic rings. The molecule has 0 saturated carbocycles. The van der Waals surface area contributed by atoms with E-state index in [1.54, 1.807) is 0 Å². The summed E-state index contributed by atoms with van der Waals surface area (Å²) in [4.78, 5) is 25.2. The number of hydrogen-bond donors (Lipinski definition) is 0. The summed E-state index contributed by atoms with van der Waals surface area (Å²) in [5, 5.41) is 0. The molecule has 0 bridgehead atoms. The molecule has 7 aliphatic rings. The van der Waals surface area contributed by atoms with Crippen LogP contribution in [0, 0.1) is 23.7 Å². The Kier molecular flexibility index (Phi) is 23.3. The lowest BCUT2D eigenvalue weighted by molar-refractivity contribution is 0.0735. The number of likely N-dealkylation sites (N-methyl/N-ethyl adjacent to an activating group) is 4. The molecule has 0 aromatic carbocycles. The van der Waals surface area contributed by atoms with E-state index >= 15 is 0 Å². The minimum Gasteiger partial charge on any atom is -0.309 e. The van der Waals surface area contributed by atoms with Crippen molar-refractivity contribution in [2.24, 2.45) is 23.7 Å². The number of piperazine rings is 1. The van der Waals surface area contributed by atoms with Crippen molar-refractivity contribution in [3.8, 4) is 0 Å². The van der Waals surface area contributed by atoms with Crippen molar-refractivity contribution in [3.63, 3.8) is 0 Å². The van der Waals surface area contributed by atoms with Gasteiger partial charge in [-0.25, -0.2) is 0 Å². The van der Waals surface area contributed by atoms with Crippen LogP contribution in [0.1, 0.15) is 109 Å². The van der Waals surface area contributed by atoms with Crippen molar-refractivity contribution in [1.82, 2.24) is 49.0 Å². The first-order valence-electron chi connectivity index (χ1n) is 25.2. The van der Waals surface area contributed by atoms with Crippen LogP contribution >= 0.6 is 0 Å². The molecule has 7 aliphatic heterocycles. The highest BCUT2D eigenvalue weighted by molar-refractivity contribution is 4.96. The number of nitrogens with zero attached hydrogens (tertiary/aromatic N) is 10. The summed E-state index contributed by atoms with van der Waals surface area (Å²) in [6.07, 6.45) is 5.61. The van der Waals surface area contributed by atoms with Gasteiger partial charge in [0.25, 0.3) is 0 Å². The highest BCUT2D eigenvalue weighted by atomic mass is 15.3. The third-order valence-electron chi connectivity index (χ3n) is 15.5. The first-order valence-corrected chi connectivity index (χ1v) is 25.2. The standard InChI is InChI=1S/C11H22N2.C11H24N2.C10H20N2.2C9H20N2/c1-9(2)13-7-10-5-4-6-12(3)11(10)8-13;1-9(2)13-6-10(3)11(8-13)7-12(4)5;1-8(2)12-6-9-4-5-11(3)10(9)7-12;1-9(2,3)11-7-5-10(4)6-8-11;1-9(2)11-6-4-5-10(3)7-8-11/h9-11H,4-8H2,1-3H3;9-11H,6-8H2,1-5H3;8-10H,4-7H2,1-3H3;5-8H2,1-4H3;9H,4-8H2,1-3H3. The molecular formula is C50H106N10. The summed E-state index contributed by atoms with van der Waals surface area (Å²) in [6.45, 7) is 49.3. The predicted octanol–water partition coefficient (Wildman–Crippen LogP) is 6.04. The van der Waals surface area contributed by atoms with Gasteiger partial charge in [0.2, 0.25) is 0 Å². The Hall–Kier alpha value is -0.400. The molecule has 0 spiro atoms. The molecule has 10 heteroatoms. The van der Waals surface area contributed by atoms with Gasteiger partial charge in [-0.3, -0.25) is 19.6 Å². The van der Waals surface area contributed by atoms with E-state index in [0.29, 0.717) is 5.54 Å². The molecule has 10 nitrogen and oxygen atoms in total. The van der Waals surface area contributed by atoms with Crippen LogP contribution in [0.4, 0.5) is 0 Å². The molecule has 6 unspecified atom stereocenters. The molecule has 0 aliphatic carbocycles. The topological polar surface area (TPSA) is 32.4 Å². The summed E-state index contributed by atoms with van der Waals surface area (Å²) in [7, 11) is 13.3. The largest absolute Gasteiger partial charge is 0.309 e. The van der Waals surface area contributed by atoms with Crippen molar-refractivity contribution >= 4 is 0 Å². The lowest BCUT2D eigenvalue weighted by Gasteiger charge is -2.41. The van der Waals surface area contributed by atoms with Gasteiger partial charge in [0, 0.05) is 127 Å². The van der Waals surface area contributed by atoms with Gasteiger partial charge in [-0.2, -0.15) is 0 Å². The van der Waals surface area contributed by atoms with E-state index < -0.39 is 0 Å². The van der Waals surface area contributed by atoms with E-state index in [4.69, 9.17) is 0 Å². The number of likely N-dealkylation sites (tertiary alicyclic amines) is 5. The van der Waals surface area contributed by atoms with Crippen molar-refractivity contribution in [3.05, 3.63) is 0 Å². The third-order valence-corrected chi connectivity index (χ3v) is 15.5. The molecule has 0 amide bonds. The molecule has 0 radical (unpaired) electrons. The maximum Gasteiger partial charge on any atom is 0.0261 e. The fraction of sp³-hybridized carbons (Fsp3) is 1.00. The van der Waals surface area contributed by atoms with E-state index in [1.807, 2.05) is 0 Å². The van der Waals surface area contributed by atoms with Gasteiger partial charge < -0.3 is 29.4 Å².